The molecule has 18 heavy (non-hydrogen) atoms. The highest BCUT2D eigenvalue weighted by molar-refractivity contribution is 5.70. The van der Waals surface area contributed by atoms with Crippen LogP contribution in [0.3, 0.4) is 0 Å². The number of ether oxygens (including phenoxy) is 1. The van der Waals surface area contributed by atoms with Gasteiger partial charge in [-0.2, -0.15) is 0 Å². The lowest BCUT2D eigenvalue weighted by molar-refractivity contribution is 0.407. The largest absolute Gasteiger partial charge is 0.496 e. The third-order valence-electron chi connectivity index (χ3n) is 3.23. The van der Waals surface area contributed by atoms with E-state index in [4.69, 9.17) is 10.5 Å². The monoisotopic (exact) mass is 241 g/mol. The lowest BCUT2D eigenvalue weighted by Gasteiger charge is -2.14. The third-order valence-corrected chi connectivity index (χ3v) is 3.23. The van der Waals surface area contributed by atoms with Crippen LogP contribution in [-0.4, -0.2) is 7.11 Å². The van der Waals surface area contributed by atoms with Crippen LogP contribution in [-0.2, 0) is 6.54 Å². The number of rotatable bonds is 3. The van der Waals surface area contributed by atoms with Crippen molar-refractivity contribution < 1.29 is 4.74 Å². The van der Waals surface area contributed by atoms with Gasteiger partial charge in [-0.05, 0) is 48.2 Å². The molecule has 0 aliphatic heterocycles. The number of benzene rings is 2. The van der Waals surface area contributed by atoms with Gasteiger partial charge in [-0.25, -0.2) is 0 Å². The Balaban J connectivity index is 2.60. The summed E-state index contributed by atoms with van der Waals surface area (Å²) in [5, 5.41) is 0. The molecule has 0 radical (unpaired) electrons. The Kier molecular flexibility index (Phi) is 3.68. The molecule has 0 atom stereocenters. The Hall–Kier alpha value is -1.80. The Bertz CT molecular complexity index is 561. The second-order valence-corrected chi connectivity index (χ2v) is 4.50. The van der Waals surface area contributed by atoms with Gasteiger partial charge in [0, 0.05) is 12.1 Å². The van der Waals surface area contributed by atoms with E-state index >= 15 is 0 Å². The van der Waals surface area contributed by atoms with Crippen molar-refractivity contribution in [3.63, 3.8) is 0 Å². The minimum absolute atomic E-state index is 0.490. The fourth-order valence-corrected chi connectivity index (χ4v) is 2.34. The van der Waals surface area contributed by atoms with Crippen LogP contribution in [0.5, 0.6) is 5.75 Å². The number of aryl methyl sites for hydroxylation is 2. The number of methoxy groups -OCH3 is 1. The molecule has 0 fully saturated rings. The van der Waals surface area contributed by atoms with Crippen molar-refractivity contribution in [3.05, 3.63) is 53.1 Å². The second kappa shape index (κ2) is 5.23. The molecule has 2 rings (SSSR count). The van der Waals surface area contributed by atoms with Gasteiger partial charge in [-0.1, -0.05) is 24.3 Å². The van der Waals surface area contributed by atoms with E-state index in [0.717, 1.165) is 16.9 Å². The standard InChI is InChI=1S/C16H19NO/c1-11-6-4-5-7-15(11)13-8-12(2)16(18-3)14(9-13)10-17/h4-9H,10,17H2,1-3H3. The topological polar surface area (TPSA) is 35.2 Å². The van der Waals surface area contributed by atoms with Crippen molar-refractivity contribution in [1.82, 2.24) is 0 Å². The van der Waals surface area contributed by atoms with E-state index < -0.39 is 0 Å². The first-order valence-electron chi connectivity index (χ1n) is 6.11. The van der Waals surface area contributed by atoms with Crippen LogP contribution in [0.15, 0.2) is 36.4 Å². The van der Waals surface area contributed by atoms with Crippen LogP contribution in [0.2, 0.25) is 0 Å². The molecule has 0 saturated heterocycles. The molecule has 0 saturated carbocycles. The van der Waals surface area contributed by atoms with Gasteiger partial charge in [0.05, 0.1) is 7.11 Å². The van der Waals surface area contributed by atoms with Crippen molar-refractivity contribution in [2.75, 3.05) is 7.11 Å². The summed E-state index contributed by atoms with van der Waals surface area (Å²) in [6.07, 6.45) is 0. The average Bonchev–Trinajstić information content (AvgIpc) is 2.38. The van der Waals surface area contributed by atoms with Crippen LogP contribution >= 0.6 is 0 Å². The van der Waals surface area contributed by atoms with Gasteiger partial charge in [-0.3, -0.25) is 0 Å². The minimum atomic E-state index is 0.490. The summed E-state index contributed by atoms with van der Waals surface area (Å²) < 4.78 is 5.41. The molecule has 0 aliphatic rings. The highest BCUT2D eigenvalue weighted by Crippen LogP contribution is 2.31. The van der Waals surface area contributed by atoms with Crippen molar-refractivity contribution in [2.24, 2.45) is 5.73 Å². The van der Waals surface area contributed by atoms with E-state index in [1.54, 1.807) is 7.11 Å². The maximum atomic E-state index is 5.80. The van der Waals surface area contributed by atoms with Crippen molar-refractivity contribution in [1.29, 1.82) is 0 Å². The van der Waals surface area contributed by atoms with Gasteiger partial charge in [0.15, 0.2) is 0 Å². The summed E-state index contributed by atoms with van der Waals surface area (Å²) in [5.74, 6) is 0.898. The fourth-order valence-electron chi connectivity index (χ4n) is 2.34. The zero-order valence-electron chi connectivity index (χ0n) is 11.2. The van der Waals surface area contributed by atoms with E-state index in [0.29, 0.717) is 6.54 Å². The molecule has 0 aromatic heterocycles. The molecular weight excluding hydrogens is 222 g/mol. The molecule has 2 N–H and O–H groups in total. The molecule has 0 spiro atoms. The number of hydrogen-bond donors (Lipinski definition) is 1. The maximum Gasteiger partial charge on any atom is 0.126 e. The zero-order chi connectivity index (χ0) is 13.1. The first-order valence-corrected chi connectivity index (χ1v) is 6.11. The molecule has 0 aliphatic carbocycles. The highest BCUT2D eigenvalue weighted by atomic mass is 16.5. The van der Waals surface area contributed by atoms with E-state index in [9.17, 15) is 0 Å². The summed E-state index contributed by atoms with van der Waals surface area (Å²) >= 11 is 0. The molecule has 2 aromatic carbocycles. The van der Waals surface area contributed by atoms with Gasteiger partial charge in [0.1, 0.15) is 5.75 Å². The quantitative estimate of drug-likeness (QED) is 0.893. The SMILES string of the molecule is COc1c(C)cc(-c2ccccc2C)cc1CN. The Morgan fingerprint density at radius 1 is 1.06 bits per heavy atom. The van der Waals surface area contributed by atoms with Gasteiger partial charge < -0.3 is 10.5 Å². The van der Waals surface area contributed by atoms with Gasteiger partial charge in [-0.15, -0.1) is 0 Å². The van der Waals surface area contributed by atoms with Gasteiger partial charge in [0.2, 0.25) is 0 Å². The summed E-state index contributed by atoms with van der Waals surface area (Å²) in [5.41, 5.74) is 11.7. The molecule has 0 bridgehead atoms. The number of hydrogen-bond acceptors (Lipinski definition) is 2. The molecule has 2 aromatic rings. The smallest absolute Gasteiger partial charge is 0.126 e. The molecule has 0 amide bonds. The first-order chi connectivity index (χ1) is 8.67. The second-order valence-electron chi connectivity index (χ2n) is 4.50. The summed E-state index contributed by atoms with van der Waals surface area (Å²) in [6, 6.07) is 12.6. The molecule has 2 nitrogen and oxygen atoms in total. The van der Waals surface area contributed by atoms with Crippen LogP contribution in [0.4, 0.5) is 0 Å². The molecular formula is C16H19NO. The summed E-state index contributed by atoms with van der Waals surface area (Å²) in [6.45, 7) is 4.67. The Morgan fingerprint density at radius 3 is 2.39 bits per heavy atom. The van der Waals surface area contributed by atoms with Crippen molar-refractivity contribution in [2.45, 2.75) is 20.4 Å². The third kappa shape index (κ3) is 2.24. The van der Waals surface area contributed by atoms with E-state index in [1.165, 1.54) is 16.7 Å². The van der Waals surface area contributed by atoms with E-state index in [-0.39, 0.29) is 0 Å². The molecule has 94 valence electrons. The average molecular weight is 241 g/mol. The Morgan fingerprint density at radius 2 is 1.78 bits per heavy atom. The van der Waals surface area contributed by atoms with Crippen LogP contribution in [0.25, 0.3) is 11.1 Å². The lowest BCUT2D eigenvalue weighted by atomic mass is 9.96. The highest BCUT2D eigenvalue weighted by Gasteiger charge is 2.09. The van der Waals surface area contributed by atoms with Crippen molar-refractivity contribution >= 4 is 0 Å². The summed E-state index contributed by atoms with van der Waals surface area (Å²) in [7, 11) is 1.69. The molecule has 2 heteroatoms. The predicted molar refractivity (Wildman–Crippen MR) is 75.8 cm³/mol. The van der Waals surface area contributed by atoms with Gasteiger partial charge >= 0.3 is 0 Å². The Labute approximate surface area is 108 Å². The minimum Gasteiger partial charge on any atom is -0.496 e. The molecule has 0 heterocycles. The summed E-state index contributed by atoms with van der Waals surface area (Å²) in [4.78, 5) is 0. The van der Waals surface area contributed by atoms with E-state index in [1.807, 2.05) is 0 Å². The fraction of sp³-hybridized carbons (Fsp3) is 0.250. The van der Waals surface area contributed by atoms with E-state index in [2.05, 4.69) is 50.2 Å². The van der Waals surface area contributed by atoms with Crippen molar-refractivity contribution in [3.8, 4) is 16.9 Å². The lowest BCUT2D eigenvalue weighted by Crippen LogP contribution is -2.02. The normalized spacial score (nSPS) is 10.4. The van der Waals surface area contributed by atoms with Crippen LogP contribution in [0.1, 0.15) is 16.7 Å². The number of nitrogens with two attached hydrogens (primary N) is 1. The first kappa shape index (κ1) is 12.7. The maximum absolute atomic E-state index is 5.80. The van der Waals surface area contributed by atoms with Gasteiger partial charge in [0.25, 0.3) is 0 Å². The zero-order valence-corrected chi connectivity index (χ0v) is 11.2. The van der Waals surface area contributed by atoms with Crippen LogP contribution in [0, 0.1) is 13.8 Å². The van der Waals surface area contributed by atoms with Crippen LogP contribution < -0.4 is 10.5 Å². The predicted octanol–water partition coefficient (Wildman–Crippen LogP) is 3.44. The molecule has 0 unspecified atom stereocenters.